The number of rotatable bonds is 10. The quantitative estimate of drug-likeness (QED) is 0.394. The second-order valence-corrected chi connectivity index (χ2v) is 3.73. The van der Waals surface area contributed by atoms with Crippen molar-refractivity contribution in [2.24, 2.45) is 0 Å². The Morgan fingerprint density at radius 2 is 1.07 bits per heavy atom. The van der Waals surface area contributed by atoms with E-state index in [9.17, 15) is 0 Å². The van der Waals surface area contributed by atoms with Crippen LogP contribution in [-0.4, -0.2) is 36.3 Å². The molecule has 0 spiro atoms. The van der Waals surface area contributed by atoms with E-state index in [-0.39, 0.29) is 23.1 Å². The first-order valence-electron chi connectivity index (χ1n) is 5.99. The average Bonchev–Trinajstić information content (AvgIpc) is 2.16. The Kier molecular flexibility index (Phi) is 19.8. The summed E-state index contributed by atoms with van der Waals surface area (Å²) in [5, 5.41) is 0. The molecule has 0 aromatic rings. The molecule has 82 valence electrons. The lowest BCUT2D eigenvalue weighted by atomic mass is 10.2. The van der Waals surface area contributed by atoms with Crippen LogP contribution < -0.4 is 0 Å². The van der Waals surface area contributed by atoms with Gasteiger partial charge in [-0.3, -0.25) is 0 Å². The van der Waals surface area contributed by atoms with Crippen LogP contribution in [0, 0.1) is 0 Å². The topological polar surface area (TPSA) is 9.23 Å². The van der Waals surface area contributed by atoms with Gasteiger partial charge in [-0.1, -0.05) is 52.4 Å². The fourth-order valence-corrected chi connectivity index (χ4v) is 1.36. The van der Waals surface area contributed by atoms with Crippen molar-refractivity contribution in [1.29, 1.82) is 0 Å². The molecule has 2 heteroatoms. The number of hydrogen-bond acceptors (Lipinski definition) is 1. The first-order chi connectivity index (χ1) is 6.41. The molecule has 1 nitrogen and oxygen atoms in total. The van der Waals surface area contributed by atoms with Crippen molar-refractivity contribution in [2.75, 3.05) is 13.2 Å². The minimum absolute atomic E-state index is 0. The highest BCUT2D eigenvalue weighted by Crippen LogP contribution is 2.01. The zero-order valence-electron chi connectivity index (χ0n) is 10.2. The van der Waals surface area contributed by atoms with Gasteiger partial charge in [0.15, 0.2) is 0 Å². The zero-order valence-corrected chi connectivity index (χ0v) is 11.6. The van der Waals surface area contributed by atoms with Gasteiger partial charge in [0.1, 0.15) is 0 Å². The van der Waals surface area contributed by atoms with E-state index in [1.807, 2.05) is 0 Å². The molecular formula is C12H26MgO. The highest BCUT2D eigenvalue weighted by Gasteiger charge is 1.90. The molecule has 0 saturated carbocycles. The van der Waals surface area contributed by atoms with Gasteiger partial charge in [0.05, 0.1) is 0 Å². The Hall–Kier alpha value is 0.726. The Balaban J connectivity index is 0. The van der Waals surface area contributed by atoms with Crippen molar-refractivity contribution in [3.05, 3.63) is 0 Å². The summed E-state index contributed by atoms with van der Waals surface area (Å²) >= 11 is 0. The zero-order chi connectivity index (χ0) is 9.78. The molecule has 0 aromatic carbocycles. The third kappa shape index (κ3) is 15.2. The summed E-state index contributed by atoms with van der Waals surface area (Å²) in [5.74, 6) is 0. The second kappa shape index (κ2) is 16.2. The lowest BCUT2D eigenvalue weighted by Crippen LogP contribution is -1.96. The van der Waals surface area contributed by atoms with E-state index < -0.39 is 0 Å². The number of ether oxygens (including phenoxy) is 1. The van der Waals surface area contributed by atoms with Crippen LogP contribution in [0.4, 0.5) is 0 Å². The van der Waals surface area contributed by atoms with Crippen LogP contribution in [0.1, 0.15) is 65.2 Å². The molecule has 0 aliphatic carbocycles. The smallest absolute Gasteiger partial charge is 0.0466 e. The van der Waals surface area contributed by atoms with E-state index in [0.29, 0.717) is 0 Å². The first-order valence-corrected chi connectivity index (χ1v) is 5.99. The Bertz CT molecular complexity index is 76.4. The van der Waals surface area contributed by atoms with Crippen LogP contribution in [0.25, 0.3) is 0 Å². The second-order valence-electron chi connectivity index (χ2n) is 3.73. The Morgan fingerprint density at radius 3 is 1.43 bits per heavy atom. The summed E-state index contributed by atoms with van der Waals surface area (Å²) in [5.41, 5.74) is 0. The van der Waals surface area contributed by atoms with Crippen LogP contribution >= 0.6 is 0 Å². The SMILES string of the molecule is CCCCCCOCCCCCC.[Mg]. The maximum Gasteiger partial charge on any atom is 0.0466 e. The first kappa shape index (κ1) is 17.1. The van der Waals surface area contributed by atoms with Gasteiger partial charge in [-0.15, -0.1) is 0 Å². The highest BCUT2D eigenvalue weighted by atomic mass is 24.3. The average molecular weight is 211 g/mol. The van der Waals surface area contributed by atoms with E-state index in [1.54, 1.807) is 0 Å². The molecule has 0 amide bonds. The van der Waals surface area contributed by atoms with Crippen molar-refractivity contribution in [1.82, 2.24) is 0 Å². The molecule has 0 aliphatic heterocycles. The molecule has 0 N–H and O–H groups in total. The third-order valence-electron chi connectivity index (χ3n) is 2.28. The van der Waals surface area contributed by atoms with E-state index in [1.165, 1.54) is 51.4 Å². The van der Waals surface area contributed by atoms with Crippen LogP contribution in [0.2, 0.25) is 0 Å². The summed E-state index contributed by atoms with van der Waals surface area (Å²) in [7, 11) is 0. The molecular weight excluding hydrogens is 184 g/mol. The van der Waals surface area contributed by atoms with Gasteiger partial charge in [0.2, 0.25) is 0 Å². The van der Waals surface area contributed by atoms with Gasteiger partial charge >= 0.3 is 0 Å². The summed E-state index contributed by atoms with van der Waals surface area (Å²) < 4.78 is 5.53. The lowest BCUT2D eigenvalue weighted by molar-refractivity contribution is 0.126. The maximum absolute atomic E-state index is 5.53. The molecule has 0 rings (SSSR count). The monoisotopic (exact) mass is 210 g/mol. The van der Waals surface area contributed by atoms with Gasteiger partial charge < -0.3 is 4.74 Å². The minimum atomic E-state index is 0. The van der Waals surface area contributed by atoms with E-state index in [2.05, 4.69) is 13.8 Å². The lowest BCUT2D eigenvalue weighted by Gasteiger charge is -2.03. The molecule has 14 heavy (non-hydrogen) atoms. The molecule has 0 heterocycles. The molecule has 0 saturated heterocycles. The summed E-state index contributed by atoms with van der Waals surface area (Å²) in [4.78, 5) is 0. The van der Waals surface area contributed by atoms with Crippen molar-refractivity contribution in [2.45, 2.75) is 65.2 Å². The molecule has 0 aromatic heterocycles. The summed E-state index contributed by atoms with van der Waals surface area (Å²) in [6, 6.07) is 0. The number of hydrogen-bond donors (Lipinski definition) is 0. The number of unbranched alkanes of at least 4 members (excludes halogenated alkanes) is 6. The fraction of sp³-hybridized carbons (Fsp3) is 1.00. The molecule has 0 aliphatic rings. The van der Waals surface area contributed by atoms with Crippen molar-refractivity contribution in [3.63, 3.8) is 0 Å². The van der Waals surface area contributed by atoms with Gasteiger partial charge in [-0.05, 0) is 12.8 Å². The van der Waals surface area contributed by atoms with E-state index in [4.69, 9.17) is 4.74 Å². The van der Waals surface area contributed by atoms with Gasteiger partial charge in [-0.2, -0.15) is 0 Å². The van der Waals surface area contributed by atoms with E-state index in [0.717, 1.165) is 13.2 Å². The predicted octanol–water partition coefficient (Wildman–Crippen LogP) is 3.78. The van der Waals surface area contributed by atoms with Crippen LogP contribution in [0.3, 0.4) is 0 Å². The molecule has 0 unspecified atom stereocenters. The van der Waals surface area contributed by atoms with Gasteiger partial charge in [0, 0.05) is 36.3 Å². The van der Waals surface area contributed by atoms with Gasteiger partial charge in [0.25, 0.3) is 0 Å². The molecule has 0 atom stereocenters. The van der Waals surface area contributed by atoms with Crippen molar-refractivity contribution < 1.29 is 4.74 Å². The summed E-state index contributed by atoms with van der Waals surface area (Å²) in [6.07, 6.45) is 10.5. The van der Waals surface area contributed by atoms with Crippen molar-refractivity contribution >= 4 is 23.1 Å². The van der Waals surface area contributed by atoms with Crippen LogP contribution in [0.5, 0.6) is 0 Å². The molecule has 0 bridgehead atoms. The predicted molar refractivity (Wildman–Crippen MR) is 64.9 cm³/mol. The summed E-state index contributed by atoms with van der Waals surface area (Å²) in [6.45, 7) is 6.44. The fourth-order valence-electron chi connectivity index (χ4n) is 1.36. The third-order valence-corrected chi connectivity index (χ3v) is 2.28. The normalized spacial score (nSPS) is 9.86. The minimum Gasteiger partial charge on any atom is -0.381 e. The standard InChI is InChI=1S/C12H26O.Mg/c1-3-5-7-9-11-13-12-10-8-6-4-2;/h3-12H2,1-2H3;. The molecule has 0 fully saturated rings. The van der Waals surface area contributed by atoms with E-state index >= 15 is 0 Å². The Labute approximate surface area is 106 Å². The molecule has 2 radical (unpaired) electrons. The Morgan fingerprint density at radius 1 is 0.643 bits per heavy atom. The largest absolute Gasteiger partial charge is 0.381 e. The van der Waals surface area contributed by atoms with Gasteiger partial charge in [-0.25, -0.2) is 0 Å². The highest BCUT2D eigenvalue weighted by molar-refractivity contribution is 5.75. The maximum atomic E-state index is 5.53. The van der Waals surface area contributed by atoms with Crippen LogP contribution in [-0.2, 0) is 4.74 Å². The van der Waals surface area contributed by atoms with Crippen LogP contribution in [0.15, 0.2) is 0 Å². The van der Waals surface area contributed by atoms with Crippen molar-refractivity contribution in [3.8, 4) is 0 Å².